The van der Waals surface area contributed by atoms with Crippen molar-refractivity contribution in [2.45, 2.75) is 51.0 Å². The minimum atomic E-state index is -4.35. The monoisotopic (exact) mass is 341 g/mol. The van der Waals surface area contributed by atoms with Gasteiger partial charge >= 0.3 is 6.18 Å². The Morgan fingerprint density at radius 1 is 1.33 bits per heavy atom. The van der Waals surface area contributed by atoms with Crippen molar-refractivity contribution in [2.24, 2.45) is 11.8 Å². The van der Waals surface area contributed by atoms with Gasteiger partial charge in [-0.2, -0.15) is 13.2 Å². The fourth-order valence-corrected chi connectivity index (χ4v) is 3.19. The first-order valence-corrected chi connectivity index (χ1v) is 8.35. The maximum absolute atomic E-state index is 12.7. The summed E-state index contributed by atoms with van der Waals surface area (Å²) in [4.78, 5) is 0. The summed E-state index contributed by atoms with van der Waals surface area (Å²) in [7, 11) is 0. The zero-order valence-corrected chi connectivity index (χ0v) is 13.7. The quantitative estimate of drug-likeness (QED) is 0.763. The van der Waals surface area contributed by atoms with Crippen LogP contribution in [0, 0.1) is 18.3 Å². The van der Waals surface area contributed by atoms with Crippen molar-refractivity contribution in [1.82, 2.24) is 0 Å². The lowest BCUT2D eigenvalue weighted by Crippen LogP contribution is -2.17. The molecule has 2 N–H and O–H groups in total. The summed E-state index contributed by atoms with van der Waals surface area (Å²) in [6.07, 6.45) is 2.43. The second kappa shape index (κ2) is 8.17. The molecule has 1 saturated carbocycles. The van der Waals surface area contributed by atoms with E-state index in [0.717, 1.165) is 18.6 Å². The molecule has 2 nitrogen and oxygen atoms in total. The number of hydrogen-bond acceptors (Lipinski definition) is 2. The molecular formula is C19H24F3O2. The minimum absolute atomic E-state index is 0.0122. The Morgan fingerprint density at radius 3 is 2.75 bits per heavy atom. The molecular weight excluding hydrogens is 317 g/mol. The molecule has 0 bridgehead atoms. The van der Waals surface area contributed by atoms with Gasteiger partial charge < -0.3 is 10.2 Å². The third-order valence-electron chi connectivity index (χ3n) is 4.63. The summed E-state index contributed by atoms with van der Waals surface area (Å²) >= 11 is 0. The Bertz CT molecular complexity index is 554. The zero-order chi connectivity index (χ0) is 17.7. The Hall–Kier alpha value is -1.33. The molecule has 0 aromatic heterocycles. The smallest absolute Gasteiger partial charge is 0.392 e. The lowest BCUT2D eigenvalue weighted by atomic mass is 9.91. The molecule has 1 aromatic carbocycles. The number of hydrogen-bond donors (Lipinski definition) is 2. The van der Waals surface area contributed by atoms with Crippen LogP contribution in [-0.2, 0) is 12.6 Å². The van der Waals surface area contributed by atoms with Gasteiger partial charge in [-0.25, -0.2) is 0 Å². The number of halogens is 3. The minimum Gasteiger partial charge on any atom is -0.392 e. The zero-order valence-electron chi connectivity index (χ0n) is 13.7. The molecule has 0 unspecified atom stereocenters. The normalized spacial score (nSPS) is 26.2. The Balaban J connectivity index is 1.89. The maximum atomic E-state index is 12.7. The van der Waals surface area contributed by atoms with E-state index in [1.165, 1.54) is 6.07 Å². The van der Waals surface area contributed by atoms with Crippen molar-refractivity contribution in [3.63, 3.8) is 0 Å². The average molecular weight is 341 g/mol. The van der Waals surface area contributed by atoms with Gasteiger partial charge in [-0.3, -0.25) is 0 Å². The Labute approximate surface area is 141 Å². The third kappa shape index (κ3) is 5.08. The summed E-state index contributed by atoms with van der Waals surface area (Å²) in [5.41, 5.74) is -0.113. The largest absolute Gasteiger partial charge is 0.416 e. The molecule has 133 valence electrons. The van der Waals surface area contributed by atoms with E-state index in [-0.39, 0.29) is 5.92 Å². The Morgan fingerprint density at radius 2 is 2.08 bits per heavy atom. The molecule has 0 spiro atoms. The van der Waals surface area contributed by atoms with Gasteiger partial charge in [0.1, 0.15) is 0 Å². The molecule has 1 aliphatic rings. The predicted octanol–water partition coefficient (Wildman–Crippen LogP) is 4.17. The molecule has 1 fully saturated rings. The lowest BCUT2D eigenvalue weighted by Gasteiger charge is -2.17. The number of aryl methyl sites for hydroxylation is 1. The van der Waals surface area contributed by atoms with Crippen LogP contribution in [-0.4, -0.2) is 22.4 Å². The highest BCUT2D eigenvalue weighted by Gasteiger charge is 2.32. The topological polar surface area (TPSA) is 40.5 Å². The molecule has 0 amide bonds. The number of aliphatic hydroxyl groups is 2. The second-order valence-corrected chi connectivity index (χ2v) is 6.38. The fourth-order valence-electron chi connectivity index (χ4n) is 3.19. The van der Waals surface area contributed by atoms with Crippen LogP contribution >= 0.6 is 0 Å². The summed E-state index contributed by atoms with van der Waals surface area (Å²) < 4.78 is 38.0. The van der Waals surface area contributed by atoms with E-state index in [1.807, 2.05) is 6.08 Å². The van der Waals surface area contributed by atoms with Gasteiger partial charge in [0.25, 0.3) is 0 Å². The summed E-state index contributed by atoms with van der Waals surface area (Å²) in [5, 5.41) is 20.0. The lowest BCUT2D eigenvalue weighted by molar-refractivity contribution is -0.137. The van der Waals surface area contributed by atoms with Crippen LogP contribution in [0.5, 0.6) is 0 Å². The van der Waals surface area contributed by atoms with E-state index in [4.69, 9.17) is 0 Å². The summed E-state index contributed by atoms with van der Waals surface area (Å²) in [5.74, 6) is 0.324. The molecule has 24 heavy (non-hydrogen) atoms. The van der Waals surface area contributed by atoms with Crippen molar-refractivity contribution in [2.75, 3.05) is 0 Å². The maximum Gasteiger partial charge on any atom is 0.416 e. The molecule has 0 saturated heterocycles. The molecule has 2 rings (SSSR count). The van der Waals surface area contributed by atoms with E-state index >= 15 is 0 Å². The molecule has 0 aliphatic heterocycles. The standard InChI is InChI=1S/C19H24F3O2/c1-2-14-7-11-18(24)17(14)10-9-16(23)8-6-13-4-3-5-15(12-13)19(20,21)22/h3-5,7,9-10,12,14,16-18,23-24H,2,6,8,11H2,1H3/b10-9+/t14-,16-,17+,18+/m0/s1. The van der Waals surface area contributed by atoms with Crippen LogP contribution < -0.4 is 0 Å². The van der Waals surface area contributed by atoms with E-state index in [2.05, 4.69) is 13.3 Å². The van der Waals surface area contributed by atoms with Crippen molar-refractivity contribution in [3.05, 3.63) is 54.0 Å². The van der Waals surface area contributed by atoms with Crippen LogP contribution in [0.2, 0.25) is 0 Å². The van der Waals surface area contributed by atoms with Gasteiger partial charge in [-0.1, -0.05) is 43.7 Å². The van der Waals surface area contributed by atoms with Crippen molar-refractivity contribution in [3.8, 4) is 0 Å². The van der Waals surface area contributed by atoms with Crippen LogP contribution in [0.1, 0.15) is 37.3 Å². The van der Waals surface area contributed by atoms with Gasteiger partial charge in [0.05, 0.1) is 17.8 Å². The first-order chi connectivity index (χ1) is 11.3. The average Bonchev–Trinajstić information content (AvgIpc) is 2.90. The van der Waals surface area contributed by atoms with Crippen LogP contribution in [0.25, 0.3) is 0 Å². The highest BCUT2D eigenvalue weighted by atomic mass is 19.4. The fraction of sp³-hybridized carbons (Fsp3) is 0.526. The third-order valence-corrected chi connectivity index (χ3v) is 4.63. The van der Waals surface area contributed by atoms with Crippen LogP contribution in [0.15, 0.2) is 36.4 Å². The van der Waals surface area contributed by atoms with Crippen molar-refractivity contribution in [1.29, 1.82) is 0 Å². The number of benzene rings is 1. The SMILES string of the molecule is CC[C@H]1[CH]C[C@@H](O)[C@@H]1/C=C/[C@@H](O)CCc1cccc(C(F)(F)F)c1. The summed E-state index contributed by atoms with van der Waals surface area (Å²) in [6.45, 7) is 2.06. The molecule has 4 atom stereocenters. The highest BCUT2D eigenvalue weighted by Crippen LogP contribution is 2.34. The van der Waals surface area contributed by atoms with E-state index in [0.29, 0.717) is 30.7 Å². The number of rotatable bonds is 6. The Kier molecular flexibility index (Phi) is 6.47. The van der Waals surface area contributed by atoms with Gasteiger partial charge in [-0.05, 0) is 43.2 Å². The first-order valence-electron chi connectivity index (χ1n) is 8.35. The van der Waals surface area contributed by atoms with E-state index < -0.39 is 23.9 Å². The highest BCUT2D eigenvalue weighted by molar-refractivity contribution is 5.25. The number of alkyl halides is 3. The van der Waals surface area contributed by atoms with Gasteiger partial charge in [-0.15, -0.1) is 0 Å². The molecule has 1 aliphatic carbocycles. The van der Waals surface area contributed by atoms with Crippen LogP contribution in [0.4, 0.5) is 13.2 Å². The van der Waals surface area contributed by atoms with Crippen LogP contribution in [0.3, 0.4) is 0 Å². The molecule has 5 heteroatoms. The van der Waals surface area contributed by atoms with Gasteiger partial charge in [0.15, 0.2) is 0 Å². The second-order valence-electron chi connectivity index (χ2n) is 6.38. The molecule has 1 radical (unpaired) electrons. The summed E-state index contributed by atoms with van der Waals surface area (Å²) in [6, 6.07) is 5.19. The first kappa shape index (κ1) is 19.0. The van der Waals surface area contributed by atoms with Gasteiger partial charge in [0.2, 0.25) is 0 Å². The van der Waals surface area contributed by atoms with Gasteiger partial charge in [0, 0.05) is 5.92 Å². The molecule has 1 aromatic rings. The van der Waals surface area contributed by atoms with E-state index in [1.54, 1.807) is 12.1 Å². The number of aliphatic hydroxyl groups excluding tert-OH is 2. The van der Waals surface area contributed by atoms with Crippen molar-refractivity contribution < 1.29 is 23.4 Å². The predicted molar refractivity (Wildman–Crippen MR) is 87.1 cm³/mol. The molecule has 0 heterocycles. The van der Waals surface area contributed by atoms with E-state index in [9.17, 15) is 23.4 Å². The van der Waals surface area contributed by atoms with Crippen molar-refractivity contribution >= 4 is 0 Å².